The fraction of sp³-hybridized carbons (Fsp3) is 0.538. The number of methoxy groups -OCH3 is 1. The van der Waals surface area contributed by atoms with Crippen molar-refractivity contribution in [2.45, 2.75) is 38.0 Å². The zero-order chi connectivity index (χ0) is 12.3. The van der Waals surface area contributed by atoms with Gasteiger partial charge in [-0.15, -0.1) is 0 Å². The van der Waals surface area contributed by atoms with Gasteiger partial charge in [0.1, 0.15) is 0 Å². The number of hydrogen-bond donors (Lipinski definition) is 1. The second kappa shape index (κ2) is 5.17. The quantitative estimate of drug-likeness (QED) is 0.875. The van der Waals surface area contributed by atoms with Crippen LogP contribution in [0.25, 0.3) is 0 Å². The number of rotatable bonds is 3. The van der Waals surface area contributed by atoms with Crippen molar-refractivity contribution >= 4 is 5.97 Å². The van der Waals surface area contributed by atoms with Crippen LogP contribution in [0.1, 0.15) is 54.1 Å². The minimum absolute atomic E-state index is 0.262. The lowest BCUT2D eigenvalue weighted by molar-refractivity contribution is 0.0696. The first-order valence-electron chi connectivity index (χ1n) is 6.00. The van der Waals surface area contributed by atoms with Gasteiger partial charge in [-0.05, 0) is 18.9 Å². The molecule has 0 unspecified atom stereocenters. The predicted octanol–water partition coefficient (Wildman–Crippen LogP) is 2.84. The van der Waals surface area contributed by atoms with E-state index in [9.17, 15) is 4.79 Å². The minimum Gasteiger partial charge on any atom is -0.481 e. The third-order valence-corrected chi connectivity index (χ3v) is 3.30. The molecule has 17 heavy (non-hydrogen) atoms. The monoisotopic (exact) mass is 235 g/mol. The first-order chi connectivity index (χ1) is 8.20. The van der Waals surface area contributed by atoms with E-state index in [0.29, 0.717) is 11.8 Å². The van der Waals surface area contributed by atoms with Gasteiger partial charge in [0.25, 0.3) is 0 Å². The van der Waals surface area contributed by atoms with Gasteiger partial charge >= 0.3 is 5.97 Å². The van der Waals surface area contributed by atoms with Crippen molar-refractivity contribution in [2.24, 2.45) is 0 Å². The van der Waals surface area contributed by atoms with Gasteiger partial charge in [0.15, 0.2) is 0 Å². The maximum atomic E-state index is 11.0. The minimum atomic E-state index is -0.928. The molecule has 1 aromatic rings. The van der Waals surface area contributed by atoms with Crippen LogP contribution < -0.4 is 4.74 Å². The average Bonchev–Trinajstić information content (AvgIpc) is 2.39. The SMILES string of the molecule is COc1cc(C(=O)O)cc(C2CCCCC2)n1. The summed E-state index contributed by atoms with van der Waals surface area (Å²) in [6, 6.07) is 3.15. The van der Waals surface area contributed by atoms with Crippen LogP contribution >= 0.6 is 0 Å². The number of ether oxygens (including phenoxy) is 1. The Labute approximate surface area is 101 Å². The summed E-state index contributed by atoms with van der Waals surface area (Å²) in [5.41, 5.74) is 1.12. The molecule has 0 saturated heterocycles. The highest BCUT2D eigenvalue weighted by molar-refractivity contribution is 5.88. The highest BCUT2D eigenvalue weighted by Crippen LogP contribution is 2.32. The van der Waals surface area contributed by atoms with Crippen LogP contribution in [-0.4, -0.2) is 23.2 Å². The lowest BCUT2D eigenvalue weighted by Crippen LogP contribution is -2.09. The maximum Gasteiger partial charge on any atom is 0.335 e. The van der Waals surface area contributed by atoms with Crippen molar-refractivity contribution < 1.29 is 14.6 Å². The number of carboxylic acids is 1. The van der Waals surface area contributed by atoms with E-state index in [4.69, 9.17) is 9.84 Å². The third-order valence-electron chi connectivity index (χ3n) is 3.30. The van der Waals surface area contributed by atoms with E-state index in [1.165, 1.54) is 32.4 Å². The summed E-state index contributed by atoms with van der Waals surface area (Å²) in [6.07, 6.45) is 5.86. The molecule has 4 nitrogen and oxygen atoms in total. The topological polar surface area (TPSA) is 59.4 Å². The number of carbonyl (C=O) groups is 1. The van der Waals surface area contributed by atoms with E-state index in [-0.39, 0.29) is 5.56 Å². The molecule has 92 valence electrons. The molecule has 2 rings (SSSR count). The van der Waals surface area contributed by atoms with E-state index in [1.807, 2.05) is 0 Å². The fourth-order valence-corrected chi connectivity index (χ4v) is 2.36. The van der Waals surface area contributed by atoms with E-state index >= 15 is 0 Å². The normalized spacial score (nSPS) is 16.8. The highest BCUT2D eigenvalue weighted by atomic mass is 16.5. The van der Waals surface area contributed by atoms with Gasteiger partial charge in [0.2, 0.25) is 5.88 Å². The summed E-state index contributed by atoms with van der Waals surface area (Å²) in [5.74, 6) is -0.148. The van der Waals surface area contributed by atoms with Crippen molar-refractivity contribution in [1.29, 1.82) is 0 Å². The van der Waals surface area contributed by atoms with Gasteiger partial charge in [0, 0.05) is 17.7 Å². The largest absolute Gasteiger partial charge is 0.481 e. The predicted molar refractivity (Wildman–Crippen MR) is 63.6 cm³/mol. The van der Waals surface area contributed by atoms with Crippen molar-refractivity contribution in [1.82, 2.24) is 4.98 Å². The van der Waals surface area contributed by atoms with E-state index in [0.717, 1.165) is 18.5 Å². The van der Waals surface area contributed by atoms with Crippen LogP contribution in [0, 0.1) is 0 Å². The number of pyridine rings is 1. The van der Waals surface area contributed by atoms with E-state index in [1.54, 1.807) is 6.07 Å². The Morgan fingerprint density at radius 3 is 2.65 bits per heavy atom. The average molecular weight is 235 g/mol. The standard InChI is InChI=1S/C13H17NO3/c1-17-12-8-10(13(15)16)7-11(14-12)9-5-3-2-4-6-9/h7-9H,2-6H2,1H3,(H,15,16). The Bertz CT molecular complexity index is 411. The molecular formula is C13H17NO3. The van der Waals surface area contributed by atoms with Gasteiger partial charge in [-0.25, -0.2) is 9.78 Å². The Morgan fingerprint density at radius 2 is 2.06 bits per heavy atom. The lowest BCUT2D eigenvalue weighted by Gasteiger charge is -2.21. The molecule has 1 aliphatic rings. The molecule has 0 radical (unpaired) electrons. The molecule has 1 aliphatic carbocycles. The molecule has 1 N–H and O–H groups in total. The van der Waals surface area contributed by atoms with E-state index < -0.39 is 5.97 Å². The first-order valence-corrected chi connectivity index (χ1v) is 6.00. The van der Waals surface area contributed by atoms with E-state index in [2.05, 4.69) is 4.98 Å². The first kappa shape index (κ1) is 11.9. The van der Waals surface area contributed by atoms with Gasteiger partial charge in [-0.2, -0.15) is 0 Å². The van der Waals surface area contributed by atoms with Crippen LogP contribution in [0.5, 0.6) is 5.88 Å². The van der Waals surface area contributed by atoms with Crippen molar-refractivity contribution in [3.05, 3.63) is 23.4 Å². The fourth-order valence-electron chi connectivity index (χ4n) is 2.36. The number of aromatic carboxylic acids is 1. The molecule has 0 atom stereocenters. The second-order valence-corrected chi connectivity index (χ2v) is 4.46. The smallest absolute Gasteiger partial charge is 0.335 e. The van der Waals surface area contributed by atoms with Gasteiger partial charge < -0.3 is 9.84 Å². The Kier molecular flexibility index (Phi) is 3.61. The van der Waals surface area contributed by atoms with Gasteiger partial charge in [-0.1, -0.05) is 19.3 Å². The Hall–Kier alpha value is -1.58. The Morgan fingerprint density at radius 1 is 1.35 bits per heavy atom. The molecule has 0 aliphatic heterocycles. The summed E-state index contributed by atoms with van der Waals surface area (Å²) < 4.78 is 5.06. The summed E-state index contributed by atoms with van der Waals surface area (Å²) in [4.78, 5) is 15.4. The Balaban J connectivity index is 2.31. The zero-order valence-corrected chi connectivity index (χ0v) is 9.98. The van der Waals surface area contributed by atoms with Crippen molar-refractivity contribution in [3.8, 4) is 5.88 Å². The maximum absolute atomic E-state index is 11.0. The van der Waals surface area contributed by atoms with Crippen LogP contribution in [-0.2, 0) is 0 Å². The van der Waals surface area contributed by atoms with Crippen LogP contribution in [0.15, 0.2) is 12.1 Å². The molecule has 1 heterocycles. The zero-order valence-electron chi connectivity index (χ0n) is 9.98. The molecule has 0 spiro atoms. The summed E-state index contributed by atoms with van der Waals surface area (Å²) >= 11 is 0. The lowest BCUT2D eigenvalue weighted by atomic mass is 9.86. The molecule has 1 saturated carbocycles. The number of hydrogen-bond acceptors (Lipinski definition) is 3. The van der Waals surface area contributed by atoms with Crippen LogP contribution in [0.3, 0.4) is 0 Å². The van der Waals surface area contributed by atoms with Gasteiger partial charge in [0.05, 0.1) is 12.7 Å². The van der Waals surface area contributed by atoms with Crippen LogP contribution in [0.4, 0.5) is 0 Å². The molecule has 0 amide bonds. The van der Waals surface area contributed by atoms with Crippen molar-refractivity contribution in [3.63, 3.8) is 0 Å². The number of aromatic nitrogens is 1. The third kappa shape index (κ3) is 2.75. The van der Waals surface area contributed by atoms with Gasteiger partial charge in [-0.3, -0.25) is 0 Å². The summed E-state index contributed by atoms with van der Waals surface area (Å²) in [5, 5.41) is 9.04. The second-order valence-electron chi connectivity index (χ2n) is 4.46. The molecule has 1 fully saturated rings. The van der Waals surface area contributed by atoms with Crippen molar-refractivity contribution in [2.75, 3.05) is 7.11 Å². The summed E-state index contributed by atoms with van der Waals surface area (Å²) in [6.45, 7) is 0. The molecule has 0 aromatic carbocycles. The molecule has 1 aromatic heterocycles. The number of carboxylic acid groups (broad SMARTS) is 1. The molecule has 4 heteroatoms. The summed E-state index contributed by atoms with van der Waals surface area (Å²) in [7, 11) is 1.51. The highest BCUT2D eigenvalue weighted by Gasteiger charge is 2.19. The number of nitrogens with zero attached hydrogens (tertiary/aromatic N) is 1. The molecular weight excluding hydrogens is 218 g/mol. The van der Waals surface area contributed by atoms with Crippen LogP contribution in [0.2, 0.25) is 0 Å². The molecule has 0 bridgehead atoms.